The SMILES string of the molecule is COc1ccc(-c2nn(-c3ccccc3)cc2C=CC(N)=O)cc1. The maximum atomic E-state index is 11.1. The van der Waals surface area contributed by atoms with Gasteiger partial charge in [0, 0.05) is 23.4 Å². The van der Waals surface area contributed by atoms with E-state index in [1.165, 1.54) is 6.08 Å². The van der Waals surface area contributed by atoms with E-state index < -0.39 is 5.91 Å². The summed E-state index contributed by atoms with van der Waals surface area (Å²) in [6.45, 7) is 0. The van der Waals surface area contributed by atoms with E-state index in [1.807, 2.05) is 60.8 Å². The lowest BCUT2D eigenvalue weighted by Gasteiger charge is -2.02. The molecule has 0 aliphatic heterocycles. The van der Waals surface area contributed by atoms with Crippen molar-refractivity contribution in [2.24, 2.45) is 5.73 Å². The highest BCUT2D eigenvalue weighted by atomic mass is 16.5. The van der Waals surface area contributed by atoms with E-state index in [1.54, 1.807) is 17.9 Å². The first kappa shape index (κ1) is 15.6. The van der Waals surface area contributed by atoms with Crippen LogP contribution in [-0.2, 0) is 4.79 Å². The average molecular weight is 319 g/mol. The molecule has 0 spiro atoms. The Bertz CT molecular complexity index is 865. The Morgan fingerprint density at radius 2 is 1.83 bits per heavy atom. The fourth-order valence-corrected chi connectivity index (χ4v) is 2.37. The van der Waals surface area contributed by atoms with E-state index in [9.17, 15) is 4.79 Å². The standard InChI is InChI=1S/C19H17N3O2/c1-24-17-10-7-14(8-11-17)19-15(9-12-18(20)23)13-22(21-19)16-5-3-2-4-6-16/h2-13H,1H3,(H2,20,23). The normalized spacial score (nSPS) is 10.9. The molecular weight excluding hydrogens is 302 g/mol. The quantitative estimate of drug-likeness (QED) is 0.735. The number of nitrogens with zero attached hydrogens (tertiary/aromatic N) is 2. The first-order valence-electron chi connectivity index (χ1n) is 7.44. The number of primary amides is 1. The Labute approximate surface area is 140 Å². The molecule has 0 radical (unpaired) electrons. The van der Waals surface area contributed by atoms with E-state index in [0.717, 1.165) is 28.3 Å². The summed E-state index contributed by atoms with van der Waals surface area (Å²) < 4.78 is 6.97. The lowest BCUT2D eigenvalue weighted by atomic mass is 10.1. The fourth-order valence-electron chi connectivity index (χ4n) is 2.37. The number of ether oxygens (including phenoxy) is 1. The Hall–Kier alpha value is -3.34. The summed E-state index contributed by atoms with van der Waals surface area (Å²) in [6, 6.07) is 17.4. The Kier molecular flexibility index (Phi) is 4.43. The molecule has 0 aliphatic rings. The van der Waals surface area contributed by atoms with Gasteiger partial charge in [0.2, 0.25) is 5.91 Å². The average Bonchev–Trinajstić information content (AvgIpc) is 3.05. The van der Waals surface area contributed by atoms with Gasteiger partial charge in [-0.3, -0.25) is 4.79 Å². The van der Waals surface area contributed by atoms with Crippen molar-refractivity contribution in [3.63, 3.8) is 0 Å². The molecule has 24 heavy (non-hydrogen) atoms. The van der Waals surface area contributed by atoms with Gasteiger partial charge in [-0.05, 0) is 42.5 Å². The van der Waals surface area contributed by atoms with Crippen molar-refractivity contribution in [3.05, 3.63) is 72.4 Å². The molecule has 0 saturated heterocycles. The number of methoxy groups -OCH3 is 1. The van der Waals surface area contributed by atoms with E-state index >= 15 is 0 Å². The van der Waals surface area contributed by atoms with Crippen molar-refractivity contribution in [1.29, 1.82) is 0 Å². The minimum absolute atomic E-state index is 0.497. The summed E-state index contributed by atoms with van der Waals surface area (Å²) in [6.07, 6.45) is 4.88. The molecule has 0 saturated carbocycles. The predicted molar refractivity (Wildman–Crippen MR) is 93.8 cm³/mol. The van der Waals surface area contributed by atoms with E-state index in [4.69, 9.17) is 10.5 Å². The van der Waals surface area contributed by atoms with Crippen LogP contribution in [-0.4, -0.2) is 22.8 Å². The summed E-state index contributed by atoms with van der Waals surface area (Å²) in [5.41, 5.74) is 8.65. The van der Waals surface area contributed by atoms with Crippen LogP contribution in [0.2, 0.25) is 0 Å². The van der Waals surface area contributed by atoms with Crippen LogP contribution >= 0.6 is 0 Å². The maximum Gasteiger partial charge on any atom is 0.241 e. The highest BCUT2D eigenvalue weighted by molar-refractivity contribution is 5.91. The van der Waals surface area contributed by atoms with Crippen LogP contribution in [0.1, 0.15) is 5.56 Å². The molecule has 0 unspecified atom stereocenters. The minimum atomic E-state index is -0.497. The van der Waals surface area contributed by atoms with Crippen molar-refractivity contribution in [2.75, 3.05) is 7.11 Å². The molecule has 2 N–H and O–H groups in total. The number of carbonyl (C=O) groups excluding carboxylic acids is 1. The zero-order valence-electron chi connectivity index (χ0n) is 13.2. The number of hydrogen-bond acceptors (Lipinski definition) is 3. The number of amides is 1. The van der Waals surface area contributed by atoms with Crippen LogP contribution in [0.25, 0.3) is 23.0 Å². The number of carbonyl (C=O) groups is 1. The van der Waals surface area contributed by atoms with Crippen LogP contribution in [0, 0.1) is 0 Å². The minimum Gasteiger partial charge on any atom is -0.497 e. The van der Waals surface area contributed by atoms with Crippen molar-refractivity contribution < 1.29 is 9.53 Å². The molecule has 1 heterocycles. The molecule has 0 aliphatic carbocycles. The largest absolute Gasteiger partial charge is 0.497 e. The molecule has 0 atom stereocenters. The lowest BCUT2D eigenvalue weighted by Crippen LogP contribution is -2.05. The summed E-state index contributed by atoms with van der Waals surface area (Å²) >= 11 is 0. The van der Waals surface area contributed by atoms with Gasteiger partial charge in [0.1, 0.15) is 5.75 Å². The van der Waals surface area contributed by atoms with Crippen LogP contribution in [0.5, 0.6) is 5.75 Å². The molecule has 3 rings (SSSR count). The molecule has 5 nitrogen and oxygen atoms in total. The molecule has 3 aromatic rings. The van der Waals surface area contributed by atoms with Gasteiger partial charge >= 0.3 is 0 Å². The van der Waals surface area contributed by atoms with Gasteiger partial charge in [-0.2, -0.15) is 5.10 Å². The molecule has 1 aromatic heterocycles. The topological polar surface area (TPSA) is 70.1 Å². The highest BCUT2D eigenvalue weighted by Gasteiger charge is 2.11. The Balaban J connectivity index is 2.08. The lowest BCUT2D eigenvalue weighted by molar-refractivity contribution is -0.113. The van der Waals surface area contributed by atoms with Crippen LogP contribution in [0.3, 0.4) is 0 Å². The van der Waals surface area contributed by atoms with E-state index in [0.29, 0.717) is 0 Å². The van der Waals surface area contributed by atoms with Gasteiger partial charge in [0.15, 0.2) is 0 Å². The van der Waals surface area contributed by atoms with Crippen molar-refractivity contribution in [3.8, 4) is 22.7 Å². The van der Waals surface area contributed by atoms with Crippen LogP contribution in [0.15, 0.2) is 66.9 Å². The van der Waals surface area contributed by atoms with E-state index in [-0.39, 0.29) is 0 Å². The third-order valence-electron chi connectivity index (χ3n) is 3.55. The van der Waals surface area contributed by atoms with Crippen molar-refractivity contribution in [1.82, 2.24) is 9.78 Å². The van der Waals surface area contributed by atoms with Gasteiger partial charge in [0.05, 0.1) is 18.5 Å². The summed E-state index contributed by atoms with van der Waals surface area (Å²) in [4.78, 5) is 11.1. The smallest absolute Gasteiger partial charge is 0.241 e. The van der Waals surface area contributed by atoms with Gasteiger partial charge < -0.3 is 10.5 Å². The number of nitrogens with two attached hydrogens (primary N) is 1. The monoisotopic (exact) mass is 319 g/mol. The number of hydrogen-bond donors (Lipinski definition) is 1. The molecule has 5 heteroatoms. The second-order valence-electron chi connectivity index (χ2n) is 5.18. The number of benzene rings is 2. The van der Waals surface area contributed by atoms with Crippen LogP contribution in [0.4, 0.5) is 0 Å². The van der Waals surface area contributed by atoms with Gasteiger partial charge in [-0.15, -0.1) is 0 Å². The fraction of sp³-hybridized carbons (Fsp3) is 0.0526. The van der Waals surface area contributed by atoms with Gasteiger partial charge in [-0.25, -0.2) is 4.68 Å². The Morgan fingerprint density at radius 1 is 1.12 bits per heavy atom. The first-order valence-corrected chi connectivity index (χ1v) is 7.44. The second-order valence-corrected chi connectivity index (χ2v) is 5.18. The van der Waals surface area contributed by atoms with E-state index in [2.05, 4.69) is 5.10 Å². The summed E-state index contributed by atoms with van der Waals surface area (Å²) in [5.74, 6) is 0.276. The second kappa shape index (κ2) is 6.83. The van der Waals surface area contributed by atoms with Crippen LogP contribution < -0.4 is 10.5 Å². The number of para-hydroxylation sites is 1. The first-order chi connectivity index (χ1) is 11.7. The third kappa shape index (κ3) is 3.35. The molecular formula is C19H17N3O2. The predicted octanol–water partition coefficient (Wildman–Crippen LogP) is 3.05. The van der Waals surface area contributed by atoms with Crippen molar-refractivity contribution >= 4 is 12.0 Å². The Morgan fingerprint density at radius 3 is 2.46 bits per heavy atom. The zero-order chi connectivity index (χ0) is 16.9. The molecule has 2 aromatic carbocycles. The molecule has 0 bridgehead atoms. The molecule has 1 amide bonds. The van der Waals surface area contributed by atoms with Gasteiger partial charge in [-0.1, -0.05) is 18.2 Å². The molecule has 120 valence electrons. The summed E-state index contributed by atoms with van der Waals surface area (Å²) in [7, 11) is 1.63. The maximum absolute atomic E-state index is 11.1. The van der Waals surface area contributed by atoms with Crippen molar-refractivity contribution in [2.45, 2.75) is 0 Å². The zero-order valence-corrected chi connectivity index (χ0v) is 13.2. The van der Waals surface area contributed by atoms with Gasteiger partial charge in [0.25, 0.3) is 0 Å². The molecule has 0 fully saturated rings. The third-order valence-corrected chi connectivity index (χ3v) is 3.55. The number of aromatic nitrogens is 2. The highest BCUT2D eigenvalue weighted by Crippen LogP contribution is 2.26. The summed E-state index contributed by atoms with van der Waals surface area (Å²) in [5, 5.41) is 4.66. The number of rotatable bonds is 5.